The summed E-state index contributed by atoms with van der Waals surface area (Å²) in [6, 6.07) is 21.0. The number of carbonyl (C=O) groups is 1. The maximum Gasteiger partial charge on any atom is 0.169 e. The fourth-order valence-corrected chi connectivity index (χ4v) is 4.64. The Labute approximate surface area is 180 Å². The number of benzene rings is 2. The SMILES string of the molecule is O=C(C1CCCNN1CCc1ccccc1)C1CCCNN1CCc1ccccc1. The van der Waals surface area contributed by atoms with Crippen LogP contribution in [0.2, 0.25) is 0 Å². The highest BCUT2D eigenvalue weighted by Gasteiger charge is 2.37. The average molecular weight is 407 g/mol. The first-order valence-corrected chi connectivity index (χ1v) is 11.4. The second kappa shape index (κ2) is 10.8. The van der Waals surface area contributed by atoms with E-state index in [-0.39, 0.29) is 12.1 Å². The highest BCUT2D eigenvalue weighted by atomic mass is 16.1. The first-order valence-electron chi connectivity index (χ1n) is 11.4. The smallest absolute Gasteiger partial charge is 0.169 e. The van der Waals surface area contributed by atoms with E-state index >= 15 is 0 Å². The molecule has 2 saturated heterocycles. The molecular weight excluding hydrogens is 372 g/mol. The zero-order chi connectivity index (χ0) is 20.6. The monoisotopic (exact) mass is 406 g/mol. The molecule has 30 heavy (non-hydrogen) atoms. The van der Waals surface area contributed by atoms with E-state index < -0.39 is 0 Å². The Morgan fingerprint density at radius 2 is 1.17 bits per heavy atom. The number of nitrogens with one attached hydrogen (secondary N) is 2. The summed E-state index contributed by atoms with van der Waals surface area (Å²) in [5, 5.41) is 4.42. The first kappa shape index (κ1) is 21.2. The van der Waals surface area contributed by atoms with Crippen molar-refractivity contribution in [3.05, 3.63) is 71.8 Å². The number of carbonyl (C=O) groups excluding carboxylic acids is 1. The lowest BCUT2D eigenvalue weighted by Crippen LogP contribution is -2.61. The van der Waals surface area contributed by atoms with Crippen LogP contribution in [-0.2, 0) is 17.6 Å². The minimum atomic E-state index is -0.0356. The lowest BCUT2D eigenvalue weighted by Gasteiger charge is -2.41. The van der Waals surface area contributed by atoms with Gasteiger partial charge in [0.05, 0.1) is 12.1 Å². The summed E-state index contributed by atoms with van der Waals surface area (Å²) < 4.78 is 0. The van der Waals surface area contributed by atoms with Crippen LogP contribution in [0.3, 0.4) is 0 Å². The number of rotatable bonds is 8. The molecule has 160 valence electrons. The first-order chi connectivity index (χ1) is 14.8. The van der Waals surface area contributed by atoms with Gasteiger partial charge in [0.25, 0.3) is 0 Å². The van der Waals surface area contributed by atoms with Crippen LogP contribution in [0.4, 0.5) is 0 Å². The molecule has 0 amide bonds. The third-order valence-electron chi connectivity index (χ3n) is 6.32. The van der Waals surface area contributed by atoms with E-state index in [1.807, 2.05) is 0 Å². The van der Waals surface area contributed by atoms with Crippen LogP contribution in [0.5, 0.6) is 0 Å². The van der Waals surface area contributed by atoms with E-state index in [2.05, 4.69) is 81.5 Å². The maximum atomic E-state index is 13.6. The third kappa shape index (κ3) is 5.55. The molecular formula is C25H34N4O. The fourth-order valence-electron chi connectivity index (χ4n) is 4.64. The zero-order valence-corrected chi connectivity index (χ0v) is 17.8. The zero-order valence-electron chi connectivity index (χ0n) is 17.8. The molecule has 2 N–H and O–H groups in total. The standard InChI is InChI=1S/C25H34N4O/c30-25(23-13-7-17-26-28(23)19-15-21-9-3-1-4-10-21)24-14-8-18-27-29(24)20-16-22-11-5-2-6-12-22/h1-6,9-12,23-24,26-27H,7-8,13-20H2. The highest BCUT2D eigenvalue weighted by molar-refractivity contribution is 5.89. The Morgan fingerprint density at radius 3 is 1.60 bits per heavy atom. The molecule has 2 atom stereocenters. The summed E-state index contributed by atoms with van der Waals surface area (Å²) in [6.45, 7) is 3.65. The van der Waals surface area contributed by atoms with Gasteiger partial charge in [-0.2, -0.15) is 0 Å². The van der Waals surface area contributed by atoms with Crippen molar-refractivity contribution in [2.24, 2.45) is 0 Å². The Kier molecular flexibility index (Phi) is 7.65. The summed E-state index contributed by atoms with van der Waals surface area (Å²) in [5.41, 5.74) is 9.65. The van der Waals surface area contributed by atoms with Gasteiger partial charge in [0.2, 0.25) is 0 Å². The molecule has 2 aromatic carbocycles. The van der Waals surface area contributed by atoms with Gasteiger partial charge in [-0.1, -0.05) is 60.7 Å². The van der Waals surface area contributed by atoms with Crippen LogP contribution in [0, 0.1) is 0 Å². The molecule has 2 heterocycles. The molecule has 0 bridgehead atoms. The molecule has 0 aliphatic carbocycles. The third-order valence-corrected chi connectivity index (χ3v) is 6.32. The van der Waals surface area contributed by atoms with Crippen LogP contribution in [0.15, 0.2) is 60.7 Å². The lowest BCUT2D eigenvalue weighted by atomic mass is 9.93. The van der Waals surface area contributed by atoms with Crippen LogP contribution in [0.25, 0.3) is 0 Å². The number of hydrogen-bond acceptors (Lipinski definition) is 5. The molecule has 0 aromatic heterocycles. The van der Waals surface area contributed by atoms with Gasteiger partial charge in [0, 0.05) is 26.2 Å². The molecule has 2 aromatic rings. The topological polar surface area (TPSA) is 47.6 Å². The van der Waals surface area contributed by atoms with Gasteiger partial charge >= 0.3 is 0 Å². The van der Waals surface area contributed by atoms with E-state index in [9.17, 15) is 4.79 Å². The van der Waals surface area contributed by atoms with Gasteiger partial charge in [0.1, 0.15) is 0 Å². The highest BCUT2D eigenvalue weighted by Crippen LogP contribution is 2.20. The Morgan fingerprint density at radius 1 is 0.733 bits per heavy atom. The second-order valence-corrected chi connectivity index (χ2v) is 8.39. The number of hydrazine groups is 2. The van der Waals surface area contributed by atoms with Crippen molar-refractivity contribution < 1.29 is 4.79 Å². The Balaban J connectivity index is 1.38. The molecule has 2 aliphatic heterocycles. The summed E-state index contributed by atoms with van der Waals surface area (Å²) >= 11 is 0. The second-order valence-electron chi connectivity index (χ2n) is 8.39. The van der Waals surface area contributed by atoms with Crippen LogP contribution in [-0.4, -0.2) is 54.1 Å². The quantitative estimate of drug-likeness (QED) is 0.706. The van der Waals surface area contributed by atoms with E-state index in [0.717, 1.165) is 64.7 Å². The molecule has 0 saturated carbocycles. The van der Waals surface area contributed by atoms with Gasteiger partial charge in [-0.15, -0.1) is 0 Å². The van der Waals surface area contributed by atoms with Crippen LogP contribution >= 0.6 is 0 Å². The normalized spacial score (nSPS) is 23.3. The predicted octanol–water partition coefficient (Wildman–Crippen LogP) is 2.98. The number of ketones is 1. The van der Waals surface area contributed by atoms with E-state index in [4.69, 9.17) is 0 Å². The lowest BCUT2D eigenvalue weighted by molar-refractivity contribution is -0.135. The molecule has 2 fully saturated rings. The molecule has 0 radical (unpaired) electrons. The van der Waals surface area contributed by atoms with Gasteiger partial charge in [0.15, 0.2) is 5.78 Å². The largest absolute Gasteiger partial charge is 0.296 e. The van der Waals surface area contributed by atoms with Crippen molar-refractivity contribution in [2.75, 3.05) is 26.2 Å². The van der Waals surface area contributed by atoms with Crippen molar-refractivity contribution in [3.8, 4) is 0 Å². The molecule has 4 rings (SSSR count). The summed E-state index contributed by atoms with van der Waals surface area (Å²) in [4.78, 5) is 13.6. The van der Waals surface area contributed by atoms with Crippen molar-refractivity contribution in [2.45, 2.75) is 50.6 Å². The number of hydrogen-bond donors (Lipinski definition) is 2. The van der Waals surface area contributed by atoms with Gasteiger partial charge < -0.3 is 0 Å². The Hall–Kier alpha value is -2.05. The average Bonchev–Trinajstić information content (AvgIpc) is 2.83. The van der Waals surface area contributed by atoms with Crippen molar-refractivity contribution in [3.63, 3.8) is 0 Å². The molecule has 5 heteroatoms. The van der Waals surface area contributed by atoms with Gasteiger partial charge in [-0.3, -0.25) is 15.6 Å². The van der Waals surface area contributed by atoms with Gasteiger partial charge in [-0.05, 0) is 49.7 Å². The molecule has 2 unspecified atom stereocenters. The van der Waals surface area contributed by atoms with E-state index in [0.29, 0.717) is 5.78 Å². The molecule has 5 nitrogen and oxygen atoms in total. The minimum Gasteiger partial charge on any atom is -0.296 e. The summed E-state index contributed by atoms with van der Waals surface area (Å²) in [7, 11) is 0. The molecule has 2 aliphatic rings. The minimum absolute atomic E-state index is 0.0356. The maximum absolute atomic E-state index is 13.6. The van der Waals surface area contributed by atoms with Crippen LogP contribution in [0.1, 0.15) is 36.8 Å². The summed E-state index contributed by atoms with van der Waals surface area (Å²) in [5.74, 6) is 0.371. The van der Waals surface area contributed by atoms with E-state index in [1.165, 1.54) is 11.1 Å². The van der Waals surface area contributed by atoms with Gasteiger partial charge in [-0.25, -0.2) is 10.0 Å². The Bertz CT molecular complexity index is 717. The van der Waals surface area contributed by atoms with Crippen LogP contribution < -0.4 is 10.9 Å². The molecule has 0 spiro atoms. The number of nitrogens with zero attached hydrogens (tertiary/aromatic N) is 2. The predicted molar refractivity (Wildman–Crippen MR) is 121 cm³/mol. The fraction of sp³-hybridized carbons (Fsp3) is 0.480. The van der Waals surface area contributed by atoms with E-state index in [1.54, 1.807) is 0 Å². The van der Waals surface area contributed by atoms with Crippen molar-refractivity contribution in [1.82, 2.24) is 20.9 Å². The number of Topliss-reactive ketones (excluding diaryl/α,β-unsaturated/α-hetero) is 1. The van der Waals surface area contributed by atoms with Crippen molar-refractivity contribution in [1.29, 1.82) is 0 Å². The van der Waals surface area contributed by atoms with Crippen molar-refractivity contribution >= 4 is 5.78 Å². The summed E-state index contributed by atoms with van der Waals surface area (Å²) in [6.07, 6.45) is 5.93.